The minimum absolute atomic E-state index is 0.106. The molecule has 0 amide bonds. The number of aliphatic hydroxyl groups is 1. The Kier molecular flexibility index (Phi) is 3.75. The summed E-state index contributed by atoms with van der Waals surface area (Å²) in [6.07, 6.45) is 5.15. The minimum Gasteiger partial charge on any atom is -0.394 e. The predicted octanol–water partition coefficient (Wildman–Crippen LogP) is 2.25. The third-order valence-electron chi connectivity index (χ3n) is 3.18. The molecule has 2 rings (SSSR count). The van der Waals surface area contributed by atoms with Crippen LogP contribution in [0.1, 0.15) is 37.3 Å². The molecule has 1 aromatic carbocycles. The van der Waals surface area contributed by atoms with Crippen LogP contribution in [-0.2, 0) is 0 Å². The molecule has 15 heavy (non-hydrogen) atoms. The first-order chi connectivity index (χ1) is 7.40. The average Bonchev–Trinajstić information content (AvgIpc) is 2.80. The molecular weight excluding hydrogens is 186 g/mol. The van der Waals surface area contributed by atoms with Crippen LogP contribution in [0.3, 0.4) is 0 Å². The largest absolute Gasteiger partial charge is 0.394 e. The van der Waals surface area contributed by atoms with Gasteiger partial charge in [0.25, 0.3) is 0 Å². The second-order valence-corrected chi connectivity index (χ2v) is 4.29. The van der Waals surface area contributed by atoms with Crippen LogP contribution in [0.15, 0.2) is 30.3 Å². The zero-order valence-electron chi connectivity index (χ0n) is 9.02. The van der Waals surface area contributed by atoms with E-state index in [-0.39, 0.29) is 12.6 Å². The first-order valence-electron chi connectivity index (χ1n) is 5.82. The van der Waals surface area contributed by atoms with E-state index in [1.165, 1.54) is 31.2 Å². The van der Waals surface area contributed by atoms with Gasteiger partial charge < -0.3 is 10.4 Å². The van der Waals surface area contributed by atoms with Gasteiger partial charge in [0.2, 0.25) is 0 Å². The predicted molar refractivity (Wildman–Crippen MR) is 61.7 cm³/mol. The summed E-state index contributed by atoms with van der Waals surface area (Å²) < 4.78 is 0. The molecule has 0 aromatic heterocycles. The van der Waals surface area contributed by atoms with Gasteiger partial charge >= 0.3 is 0 Å². The molecule has 0 unspecified atom stereocenters. The van der Waals surface area contributed by atoms with Gasteiger partial charge in [-0.2, -0.15) is 0 Å². The first-order valence-corrected chi connectivity index (χ1v) is 5.82. The summed E-state index contributed by atoms with van der Waals surface area (Å²) in [4.78, 5) is 0. The van der Waals surface area contributed by atoms with Crippen molar-refractivity contribution in [2.24, 2.45) is 0 Å². The summed E-state index contributed by atoms with van der Waals surface area (Å²) >= 11 is 0. The molecule has 0 spiro atoms. The molecule has 1 saturated carbocycles. The van der Waals surface area contributed by atoms with E-state index in [0.29, 0.717) is 6.04 Å². The second kappa shape index (κ2) is 5.29. The van der Waals surface area contributed by atoms with E-state index in [4.69, 9.17) is 0 Å². The molecular formula is C13H19NO. The Morgan fingerprint density at radius 3 is 2.47 bits per heavy atom. The molecule has 0 heterocycles. The van der Waals surface area contributed by atoms with E-state index in [9.17, 15) is 5.11 Å². The molecule has 2 heteroatoms. The van der Waals surface area contributed by atoms with Crippen LogP contribution in [0, 0.1) is 0 Å². The van der Waals surface area contributed by atoms with Crippen molar-refractivity contribution in [2.45, 2.75) is 37.8 Å². The number of aliphatic hydroxyl groups excluding tert-OH is 1. The lowest BCUT2D eigenvalue weighted by Crippen LogP contribution is -2.32. The van der Waals surface area contributed by atoms with Gasteiger partial charge in [-0.15, -0.1) is 0 Å². The Hall–Kier alpha value is -0.860. The molecule has 1 fully saturated rings. The van der Waals surface area contributed by atoms with Crippen molar-refractivity contribution in [3.8, 4) is 0 Å². The zero-order chi connectivity index (χ0) is 10.5. The lowest BCUT2D eigenvalue weighted by molar-refractivity contribution is 0.233. The van der Waals surface area contributed by atoms with Crippen LogP contribution in [0.25, 0.3) is 0 Å². The van der Waals surface area contributed by atoms with E-state index in [1.54, 1.807) is 0 Å². The highest BCUT2D eigenvalue weighted by molar-refractivity contribution is 5.19. The van der Waals surface area contributed by atoms with Crippen LogP contribution < -0.4 is 5.32 Å². The summed E-state index contributed by atoms with van der Waals surface area (Å²) in [5.74, 6) is 0. The summed E-state index contributed by atoms with van der Waals surface area (Å²) in [7, 11) is 0. The maximum Gasteiger partial charge on any atom is 0.0626 e. The van der Waals surface area contributed by atoms with Crippen molar-refractivity contribution in [1.29, 1.82) is 0 Å². The Morgan fingerprint density at radius 1 is 1.20 bits per heavy atom. The molecule has 0 aliphatic heterocycles. The van der Waals surface area contributed by atoms with Gasteiger partial charge in [-0.1, -0.05) is 43.2 Å². The van der Waals surface area contributed by atoms with Crippen LogP contribution in [0.5, 0.6) is 0 Å². The summed E-state index contributed by atoms with van der Waals surface area (Å²) in [6, 6.07) is 10.9. The van der Waals surface area contributed by atoms with Gasteiger partial charge in [0, 0.05) is 6.04 Å². The van der Waals surface area contributed by atoms with E-state index in [0.717, 1.165) is 0 Å². The smallest absolute Gasteiger partial charge is 0.0626 e. The molecule has 0 bridgehead atoms. The Bertz CT molecular complexity index is 280. The molecule has 1 aliphatic rings. The van der Waals surface area contributed by atoms with Gasteiger partial charge in [0.1, 0.15) is 0 Å². The summed E-state index contributed by atoms with van der Waals surface area (Å²) in [6.45, 7) is 0.181. The summed E-state index contributed by atoms with van der Waals surface area (Å²) in [5, 5.41) is 12.9. The van der Waals surface area contributed by atoms with Crippen LogP contribution in [0.4, 0.5) is 0 Å². The van der Waals surface area contributed by atoms with Crippen LogP contribution in [0.2, 0.25) is 0 Å². The lowest BCUT2D eigenvalue weighted by Gasteiger charge is -2.21. The number of hydrogen-bond donors (Lipinski definition) is 2. The van der Waals surface area contributed by atoms with Crippen molar-refractivity contribution < 1.29 is 5.11 Å². The monoisotopic (exact) mass is 205 g/mol. The maximum atomic E-state index is 9.38. The van der Waals surface area contributed by atoms with Gasteiger partial charge in [-0.05, 0) is 18.4 Å². The standard InChI is InChI=1S/C13H19NO/c15-10-13(11-6-2-1-3-7-11)14-12-8-4-5-9-12/h1-3,6-7,12-15H,4-5,8-10H2/t13-/m0/s1. The van der Waals surface area contributed by atoms with E-state index in [1.807, 2.05) is 18.2 Å². The molecule has 0 radical (unpaired) electrons. The molecule has 1 aliphatic carbocycles. The Morgan fingerprint density at radius 2 is 1.87 bits per heavy atom. The van der Waals surface area contributed by atoms with Crippen molar-refractivity contribution in [2.75, 3.05) is 6.61 Å². The zero-order valence-corrected chi connectivity index (χ0v) is 9.02. The molecule has 82 valence electrons. The first kappa shape index (κ1) is 10.7. The highest BCUT2D eigenvalue weighted by atomic mass is 16.3. The normalized spacial score (nSPS) is 19.3. The minimum atomic E-state index is 0.106. The van der Waals surface area contributed by atoms with E-state index in [2.05, 4.69) is 17.4 Å². The van der Waals surface area contributed by atoms with Gasteiger partial charge in [-0.3, -0.25) is 0 Å². The SMILES string of the molecule is OC[C@H](NC1CCCC1)c1ccccc1. The number of benzene rings is 1. The third kappa shape index (κ3) is 2.80. The van der Waals surface area contributed by atoms with Gasteiger partial charge in [0.05, 0.1) is 12.6 Å². The molecule has 0 saturated heterocycles. The third-order valence-corrected chi connectivity index (χ3v) is 3.18. The fourth-order valence-corrected chi connectivity index (χ4v) is 2.32. The molecule has 2 nitrogen and oxygen atoms in total. The van der Waals surface area contributed by atoms with Crippen molar-refractivity contribution in [3.05, 3.63) is 35.9 Å². The number of nitrogens with one attached hydrogen (secondary N) is 1. The molecule has 2 N–H and O–H groups in total. The highest BCUT2D eigenvalue weighted by Crippen LogP contribution is 2.21. The van der Waals surface area contributed by atoms with Crippen molar-refractivity contribution in [3.63, 3.8) is 0 Å². The van der Waals surface area contributed by atoms with Gasteiger partial charge in [-0.25, -0.2) is 0 Å². The van der Waals surface area contributed by atoms with E-state index >= 15 is 0 Å². The van der Waals surface area contributed by atoms with Crippen LogP contribution in [-0.4, -0.2) is 17.8 Å². The molecule has 1 atom stereocenters. The fourth-order valence-electron chi connectivity index (χ4n) is 2.32. The Balaban J connectivity index is 1.97. The second-order valence-electron chi connectivity index (χ2n) is 4.29. The quantitative estimate of drug-likeness (QED) is 0.790. The fraction of sp³-hybridized carbons (Fsp3) is 0.538. The topological polar surface area (TPSA) is 32.3 Å². The number of rotatable bonds is 4. The number of hydrogen-bond acceptors (Lipinski definition) is 2. The van der Waals surface area contributed by atoms with Gasteiger partial charge in [0.15, 0.2) is 0 Å². The Labute approximate surface area is 91.3 Å². The lowest BCUT2D eigenvalue weighted by atomic mass is 10.1. The van der Waals surface area contributed by atoms with Crippen molar-refractivity contribution in [1.82, 2.24) is 5.32 Å². The van der Waals surface area contributed by atoms with E-state index < -0.39 is 0 Å². The van der Waals surface area contributed by atoms with Crippen LogP contribution >= 0.6 is 0 Å². The highest BCUT2D eigenvalue weighted by Gasteiger charge is 2.19. The van der Waals surface area contributed by atoms with Crippen molar-refractivity contribution >= 4 is 0 Å². The summed E-state index contributed by atoms with van der Waals surface area (Å²) in [5.41, 5.74) is 1.19. The average molecular weight is 205 g/mol. The molecule has 1 aromatic rings. The maximum absolute atomic E-state index is 9.38.